The first-order valence-electron chi connectivity index (χ1n) is 17.0. The van der Waals surface area contributed by atoms with Gasteiger partial charge >= 0.3 is 0 Å². The molecule has 3 unspecified atom stereocenters. The van der Waals surface area contributed by atoms with Crippen molar-refractivity contribution in [3.05, 3.63) is 161 Å². The van der Waals surface area contributed by atoms with Crippen molar-refractivity contribution in [1.29, 1.82) is 0 Å². The molecule has 3 atom stereocenters. The molecule has 4 heteroatoms. The minimum atomic E-state index is 0.0777. The number of benzene rings is 4. The predicted octanol–water partition coefficient (Wildman–Crippen LogP) is 9.34. The lowest BCUT2D eigenvalue weighted by Crippen LogP contribution is -2.34. The molecule has 0 bridgehead atoms. The molecule has 0 radical (unpaired) electrons. The lowest BCUT2D eigenvalue weighted by Gasteiger charge is -2.23. The Balaban J connectivity index is 1.14. The number of hydrogen-bond donors (Lipinski definition) is 0. The molecular formula is C44H33N3S. The molecule has 0 saturated heterocycles. The largest absolute Gasteiger partial charge is 0.310 e. The number of allylic oxidation sites excluding steroid dienone is 4. The molecule has 0 spiro atoms. The van der Waals surface area contributed by atoms with Gasteiger partial charge in [-0.3, -0.25) is 0 Å². The van der Waals surface area contributed by atoms with Gasteiger partial charge in [-0.2, -0.15) is 0 Å². The minimum Gasteiger partial charge on any atom is -0.310 e. The van der Waals surface area contributed by atoms with E-state index in [0.29, 0.717) is 11.2 Å². The third kappa shape index (κ3) is 4.43. The Morgan fingerprint density at radius 1 is 0.708 bits per heavy atom. The maximum Gasteiger partial charge on any atom is 0.136 e. The molecule has 2 aromatic heterocycles. The molecule has 3 nitrogen and oxygen atoms in total. The Morgan fingerprint density at radius 2 is 1.50 bits per heavy atom. The highest BCUT2D eigenvalue weighted by atomic mass is 32.2. The number of rotatable bonds is 4. The third-order valence-corrected chi connectivity index (χ3v) is 11.6. The van der Waals surface area contributed by atoms with Crippen molar-refractivity contribution >= 4 is 46.6 Å². The van der Waals surface area contributed by atoms with Crippen LogP contribution in [0.15, 0.2) is 132 Å². The number of fused-ring (bicyclic) bond motifs is 8. The van der Waals surface area contributed by atoms with Crippen molar-refractivity contribution in [1.82, 2.24) is 14.5 Å². The van der Waals surface area contributed by atoms with Crippen molar-refractivity contribution in [3.8, 4) is 22.4 Å². The molecule has 10 rings (SSSR count). The van der Waals surface area contributed by atoms with Crippen LogP contribution in [0.4, 0.5) is 0 Å². The van der Waals surface area contributed by atoms with Gasteiger partial charge in [0.15, 0.2) is 0 Å². The number of nitrogens with zero attached hydrogens (tertiary/aromatic N) is 3. The van der Waals surface area contributed by atoms with Crippen LogP contribution in [0.5, 0.6) is 0 Å². The van der Waals surface area contributed by atoms with Crippen molar-refractivity contribution in [2.45, 2.75) is 41.2 Å². The molecule has 0 N–H and O–H groups in total. The SMILES string of the molecule is C1=CC(n2c3c(c4c2=CCC(c2nc(-c5ccc(-c6ccccc6)cc5)c5ccccc5n2)C=4)C2c4ccccc4SC2C=C3)=CCC1. The van der Waals surface area contributed by atoms with Crippen molar-refractivity contribution in [3.63, 3.8) is 0 Å². The Labute approximate surface area is 284 Å². The zero-order chi connectivity index (χ0) is 31.6. The Hall–Kier alpha value is -5.19. The van der Waals surface area contributed by atoms with E-state index in [2.05, 4.69) is 150 Å². The van der Waals surface area contributed by atoms with Crippen LogP contribution in [-0.2, 0) is 0 Å². The van der Waals surface area contributed by atoms with Crippen LogP contribution in [0.1, 0.15) is 53.7 Å². The number of thioether (sulfide) groups is 1. The third-order valence-electron chi connectivity index (χ3n) is 10.3. The van der Waals surface area contributed by atoms with Gasteiger partial charge in [-0.25, -0.2) is 9.97 Å². The van der Waals surface area contributed by atoms with E-state index in [1.165, 1.54) is 49.1 Å². The summed E-state index contributed by atoms with van der Waals surface area (Å²) in [4.78, 5) is 12.0. The fourth-order valence-electron chi connectivity index (χ4n) is 8.07. The Bertz CT molecular complexity index is 2470. The summed E-state index contributed by atoms with van der Waals surface area (Å²) in [5.41, 5.74) is 11.0. The summed E-state index contributed by atoms with van der Waals surface area (Å²) in [7, 11) is 0. The van der Waals surface area contributed by atoms with Crippen LogP contribution in [0, 0.1) is 0 Å². The smallest absolute Gasteiger partial charge is 0.136 e. The lowest BCUT2D eigenvalue weighted by molar-refractivity contribution is 0.817. The monoisotopic (exact) mass is 635 g/mol. The molecule has 6 aromatic rings. The summed E-state index contributed by atoms with van der Waals surface area (Å²) in [5, 5.41) is 4.15. The van der Waals surface area contributed by atoms with Crippen LogP contribution in [-0.4, -0.2) is 19.8 Å². The fourth-order valence-corrected chi connectivity index (χ4v) is 9.43. The van der Waals surface area contributed by atoms with E-state index in [1.807, 2.05) is 11.8 Å². The minimum absolute atomic E-state index is 0.0777. The van der Waals surface area contributed by atoms with E-state index in [9.17, 15) is 0 Å². The maximum absolute atomic E-state index is 5.37. The highest BCUT2D eigenvalue weighted by Crippen LogP contribution is 2.51. The van der Waals surface area contributed by atoms with Crippen LogP contribution in [0.3, 0.4) is 0 Å². The summed E-state index contributed by atoms with van der Waals surface area (Å²) in [5.74, 6) is 1.29. The molecule has 0 amide bonds. The van der Waals surface area contributed by atoms with Gasteiger partial charge < -0.3 is 4.57 Å². The standard InChI is InChI=1S/C44H33N3S/c1-3-11-28(12-4-1)29-19-21-30(22-20-29)43-33-15-7-9-17-36(33)45-44(46-43)31-23-24-37-35(27-31)41-38(47(37)32-13-5-2-6-14-32)25-26-40-42(41)34-16-8-10-18-39(34)48-40/h1,3-5,7-22,24-27,31,40,42H,2,6,23H2. The number of hydrogen-bond acceptors (Lipinski definition) is 3. The molecule has 4 aliphatic rings. The second-order valence-corrected chi connectivity index (χ2v) is 14.3. The van der Waals surface area contributed by atoms with E-state index >= 15 is 0 Å². The van der Waals surface area contributed by atoms with E-state index in [-0.39, 0.29) is 5.92 Å². The molecule has 4 aromatic carbocycles. The number of aromatic nitrogens is 3. The first kappa shape index (κ1) is 27.9. The van der Waals surface area contributed by atoms with Gasteiger partial charge in [-0.05, 0) is 65.8 Å². The van der Waals surface area contributed by atoms with Gasteiger partial charge in [0.25, 0.3) is 0 Å². The van der Waals surface area contributed by atoms with Crippen LogP contribution < -0.4 is 10.6 Å². The molecular weight excluding hydrogens is 603 g/mol. The normalized spacial score (nSPS) is 20.2. The topological polar surface area (TPSA) is 30.7 Å². The molecule has 3 heterocycles. The molecule has 0 saturated carbocycles. The predicted molar refractivity (Wildman–Crippen MR) is 200 cm³/mol. The van der Waals surface area contributed by atoms with Crippen molar-refractivity contribution in [2.75, 3.05) is 0 Å². The quantitative estimate of drug-likeness (QED) is 0.193. The van der Waals surface area contributed by atoms with Gasteiger partial charge in [0.2, 0.25) is 0 Å². The van der Waals surface area contributed by atoms with Gasteiger partial charge in [-0.1, -0.05) is 121 Å². The Morgan fingerprint density at radius 3 is 2.38 bits per heavy atom. The second-order valence-electron chi connectivity index (χ2n) is 13.1. The highest BCUT2D eigenvalue weighted by Gasteiger charge is 2.39. The van der Waals surface area contributed by atoms with Gasteiger partial charge in [0.05, 0.1) is 16.9 Å². The average Bonchev–Trinajstić information content (AvgIpc) is 3.70. The van der Waals surface area contributed by atoms with Crippen LogP contribution in [0.2, 0.25) is 0 Å². The van der Waals surface area contributed by atoms with Crippen LogP contribution >= 0.6 is 11.8 Å². The van der Waals surface area contributed by atoms with Gasteiger partial charge in [0.1, 0.15) is 5.82 Å². The fraction of sp³-hybridized carbons (Fsp3) is 0.136. The summed E-state index contributed by atoms with van der Waals surface area (Å²) in [6, 6.07) is 36.8. The number of para-hydroxylation sites is 1. The van der Waals surface area contributed by atoms with Gasteiger partial charge in [-0.15, -0.1) is 11.8 Å². The molecule has 1 aliphatic heterocycles. The summed E-state index contributed by atoms with van der Waals surface area (Å²) in [6.07, 6.45) is 19.8. The molecule has 3 aliphatic carbocycles. The average molecular weight is 636 g/mol. The lowest BCUT2D eigenvalue weighted by atomic mass is 9.83. The molecule has 0 fully saturated rings. The van der Waals surface area contributed by atoms with E-state index in [1.54, 1.807) is 0 Å². The van der Waals surface area contributed by atoms with E-state index < -0.39 is 0 Å². The van der Waals surface area contributed by atoms with Crippen molar-refractivity contribution in [2.24, 2.45) is 0 Å². The van der Waals surface area contributed by atoms with E-state index in [0.717, 1.165) is 47.2 Å². The highest BCUT2D eigenvalue weighted by molar-refractivity contribution is 8.00. The first-order valence-corrected chi connectivity index (χ1v) is 17.9. The Kier molecular flexibility index (Phi) is 6.51. The van der Waals surface area contributed by atoms with Gasteiger partial charge in [0, 0.05) is 49.2 Å². The maximum atomic E-state index is 5.37. The summed E-state index contributed by atoms with van der Waals surface area (Å²) < 4.78 is 2.52. The first-order chi connectivity index (χ1) is 23.8. The van der Waals surface area contributed by atoms with Crippen molar-refractivity contribution < 1.29 is 0 Å². The summed E-state index contributed by atoms with van der Waals surface area (Å²) >= 11 is 2.00. The molecule has 48 heavy (non-hydrogen) atoms. The summed E-state index contributed by atoms with van der Waals surface area (Å²) in [6.45, 7) is 0. The molecule has 230 valence electrons. The van der Waals surface area contributed by atoms with Crippen LogP contribution in [0.25, 0.3) is 57.2 Å². The van der Waals surface area contributed by atoms with E-state index in [4.69, 9.17) is 9.97 Å². The zero-order valence-electron chi connectivity index (χ0n) is 26.5. The zero-order valence-corrected chi connectivity index (χ0v) is 27.3. The second kappa shape index (κ2) is 11.2.